The van der Waals surface area contributed by atoms with Gasteiger partial charge in [-0.05, 0) is 124 Å². The first-order valence-electron chi connectivity index (χ1n) is 18.6. The molecule has 2 nitrogen and oxygen atoms in total. The summed E-state index contributed by atoms with van der Waals surface area (Å²) < 4.78 is 0. The second-order valence-corrected chi connectivity index (χ2v) is 18.5. The van der Waals surface area contributed by atoms with E-state index in [9.17, 15) is 0 Å². The molecule has 8 aliphatic rings. The van der Waals surface area contributed by atoms with Gasteiger partial charge >= 0.3 is 0 Å². The molecule has 0 aromatic rings. The Labute approximate surface area is 255 Å². The van der Waals surface area contributed by atoms with Crippen molar-refractivity contribution in [1.82, 2.24) is 9.80 Å². The molecule has 0 spiro atoms. The zero-order valence-electron chi connectivity index (χ0n) is 25.6. The standard InChI is InChI=1S/C36H60N2S2/c1-3-13-27(14-4-1)37(33-19-9-21-39-33)31-23-25-11-8-18-30-32(24-26-12-7-17-29(31)35(26)36(25)30)38(34-20-10-22-40-34)28-15-5-2-6-16-28/h25-36H,1-24H2. The number of rotatable bonds is 6. The number of hydrogen-bond donors (Lipinski definition) is 0. The van der Waals surface area contributed by atoms with Gasteiger partial charge in [-0.1, -0.05) is 64.2 Å². The molecule has 2 aliphatic heterocycles. The van der Waals surface area contributed by atoms with E-state index < -0.39 is 0 Å². The highest BCUT2D eigenvalue weighted by Gasteiger charge is 2.59. The normalized spacial score (nSPS) is 46.6. The fraction of sp³-hybridized carbons (Fsp3) is 1.00. The van der Waals surface area contributed by atoms with Crippen LogP contribution in [0.1, 0.15) is 141 Å². The van der Waals surface area contributed by atoms with Gasteiger partial charge in [-0.3, -0.25) is 9.80 Å². The molecule has 10 unspecified atom stereocenters. The predicted molar refractivity (Wildman–Crippen MR) is 174 cm³/mol. The summed E-state index contributed by atoms with van der Waals surface area (Å²) in [6.07, 6.45) is 33.7. The van der Waals surface area contributed by atoms with E-state index in [1.807, 2.05) is 0 Å². The minimum atomic E-state index is 0.863. The van der Waals surface area contributed by atoms with Gasteiger partial charge in [0.25, 0.3) is 0 Å². The summed E-state index contributed by atoms with van der Waals surface area (Å²) >= 11 is 4.75. The van der Waals surface area contributed by atoms with Gasteiger partial charge in [0.1, 0.15) is 0 Å². The van der Waals surface area contributed by atoms with Crippen molar-refractivity contribution in [2.45, 2.75) is 176 Å². The van der Waals surface area contributed by atoms with E-state index in [4.69, 9.17) is 0 Å². The average Bonchev–Trinajstić information content (AvgIpc) is 3.74. The van der Waals surface area contributed by atoms with Crippen LogP contribution in [-0.4, -0.2) is 56.2 Å². The van der Waals surface area contributed by atoms with Crippen molar-refractivity contribution in [3.05, 3.63) is 0 Å². The van der Waals surface area contributed by atoms with Gasteiger partial charge in [-0.25, -0.2) is 0 Å². The van der Waals surface area contributed by atoms with Crippen LogP contribution < -0.4 is 0 Å². The monoisotopic (exact) mass is 584 g/mol. The minimum Gasteiger partial charge on any atom is -0.285 e. The van der Waals surface area contributed by atoms with Crippen LogP contribution in [0.4, 0.5) is 0 Å². The van der Waals surface area contributed by atoms with Gasteiger partial charge in [0.05, 0.1) is 10.7 Å². The lowest BCUT2D eigenvalue weighted by Gasteiger charge is -2.65. The highest BCUT2D eigenvalue weighted by molar-refractivity contribution is 8.00. The van der Waals surface area contributed by atoms with E-state index in [1.54, 1.807) is 51.4 Å². The Morgan fingerprint density at radius 3 is 1.25 bits per heavy atom. The van der Waals surface area contributed by atoms with Crippen molar-refractivity contribution in [2.24, 2.45) is 35.5 Å². The highest BCUT2D eigenvalue weighted by atomic mass is 32.2. The maximum absolute atomic E-state index is 3.30. The maximum Gasteiger partial charge on any atom is 0.0562 e. The van der Waals surface area contributed by atoms with E-state index >= 15 is 0 Å². The van der Waals surface area contributed by atoms with E-state index in [2.05, 4.69) is 33.3 Å². The predicted octanol–water partition coefficient (Wildman–Crippen LogP) is 9.57. The molecule has 6 saturated carbocycles. The van der Waals surface area contributed by atoms with Crippen LogP contribution in [0.2, 0.25) is 0 Å². The summed E-state index contributed by atoms with van der Waals surface area (Å²) in [5, 5.41) is 1.73. The van der Waals surface area contributed by atoms with E-state index in [1.165, 1.54) is 101 Å². The second kappa shape index (κ2) is 12.5. The minimum absolute atomic E-state index is 0.863. The van der Waals surface area contributed by atoms with Gasteiger partial charge in [0.15, 0.2) is 0 Å². The molecule has 0 bridgehead atoms. The lowest BCUT2D eigenvalue weighted by Crippen LogP contribution is -2.65. The molecule has 0 N–H and O–H groups in total. The average molecular weight is 585 g/mol. The summed E-state index contributed by atoms with van der Waals surface area (Å²) in [6, 6.07) is 3.71. The van der Waals surface area contributed by atoms with Crippen molar-refractivity contribution in [3.63, 3.8) is 0 Å². The van der Waals surface area contributed by atoms with Gasteiger partial charge in [-0.15, -0.1) is 23.5 Å². The summed E-state index contributed by atoms with van der Waals surface area (Å²) in [5.41, 5.74) is 0. The first kappa shape index (κ1) is 28.1. The Balaban J connectivity index is 1.11. The Kier molecular flexibility index (Phi) is 8.82. The zero-order valence-corrected chi connectivity index (χ0v) is 27.2. The van der Waals surface area contributed by atoms with Crippen LogP contribution in [0.5, 0.6) is 0 Å². The molecule has 0 aromatic heterocycles. The summed E-state index contributed by atoms with van der Waals surface area (Å²) in [7, 11) is 0. The number of hydrogen-bond acceptors (Lipinski definition) is 4. The fourth-order valence-electron chi connectivity index (χ4n) is 12.8. The van der Waals surface area contributed by atoms with Crippen molar-refractivity contribution < 1.29 is 0 Å². The first-order chi connectivity index (χ1) is 19.9. The molecule has 0 radical (unpaired) electrons. The summed E-state index contributed by atoms with van der Waals surface area (Å²) in [4.78, 5) is 6.61. The quantitative estimate of drug-likeness (QED) is 0.306. The highest BCUT2D eigenvalue weighted by Crippen LogP contribution is 2.63. The Bertz CT molecular complexity index is 759. The van der Waals surface area contributed by atoms with Crippen molar-refractivity contribution >= 4 is 23.5 Å². The largest absolute Gasteiger partial charge is 0.285 e. The molecule has 2 saturated heterocycles. The van der Waals surface area contributed by atoms with Crippen LogP contribution in [0.25, 0.3) is 0 Å². The fourth-order valence-corrected chi connectivity index (χ4v) is 15.7. The molecule has 0 aromatic carbocycles. The molecule has 40 heavy (non-hydrogen) atoms. The van der Waals surface area contributed by atoms with Crippen molar-refractivity contribution in [1.29, 1.82) is 0 Å². The smallest absolute Gasteiger partial charge is 0.0562 e. The Morgan fingerprint density at radius 1 is 0.400 bits per heavy atom. The molecular formula is C36H60N2S2. The third-order valence-corrected chi connectivity index (χ3v) is 16.8. The van der Waals surface area contributed by atoms with Crippen LogP contribution in [0.3, 0.4) is 0 Å². The summed E-state index contributed by atoms with van der Waals surface area (Å²) in [6.45, 7) is 0. The van der Waals surface area contributed by atoms with Gasteiger partial charge < -0.3 is 0 Å². The lowest BCUT2D eigenvalue weighted by molar-refractivity contribution is -0.152. The van der Waals surface area contributed by atoms with Crippen LogP contribution in [0.15, 0.2) is 0 Å². The van der Waals surface area contributed by atoms with Crippen LogP contribution in [0, 0.1) is 35.5 Å². The van der Waals surface area contributed by atoms with E-state index in [-0.39, 0.29) is 0 Å². The molecule has 4 heteroatoms. The zero-order chi connectivity index (χ0) is 26.5. The molecule has 2 heterocycles. The SMILES string of the molecule is C1CCC(N(C2CCCS2)C2CC3CCCC4C3C3C(CCCC32)CC4N(C2CCCCC2)C2CCCS2)CC1. The topological polar surface area (TPSA) is 6.48 Å². The summed E-state index contributed by atoms with van der Waals surface area (Å²) in [5.74, 6) is 9.21. The van der Waals surface area contributed by atoms with E-state index in [0.29, 0.717) is 0 Å². The third kappa shape index (κ3) is 5.19. The molecule has 10 atom stereocenters. The van der Waals surface area contributed by atoms with Gasteiger partial charge in [-0.2, -0.15) is 0 Å². The number of nitrogens with zero attached hydrogens (tertiary/aromatic N) is 2. The lowest BCUT2D eigenvalue weighted by atomic mass is 9.45. The third-order valence-electron chi connectivity index (χ3n) is 14.1. The molecule has 226 valence electrons. The molecule has 8 rings (SSSR count). The Morgan fingerprint density at radius 2 is 0.850 bits per heavy atom. The molecule has 8 fully saturated rings. The van der Waals surface area contributed by atoms with Gasteiger partial charge in [0, 0.05) is 24.2 Å². The maximum atomic E-state index is 3.30. The second-order valence-electron chi connectivity index (χ2n) is 15.9. The first-order valence-corrected chi connectivity index (χ1v) is 20.7. The van der Waals surface area contributed by atoms with Crippen LogP contribution >= 0.6 is 23.5 Å². The van der Waals surface area contributed by atoms with Crippen molar-refractivity contribution in [3.8, 4) is 0 Å². The van der Waals surface area contributed by atoms with Crippen molar-refractivity contribution in [2.75, 3.05) is 11.5 Å². The van der Waals surface area contributed by atoms with Crippen LogP contribution in [-0.2, 0) is 0 Å². The number of thioether (sulfide) groups is 2. The van der Waals surface area contributed by atoms with Gasteiger partial charge in [0.2, 0.25) is 0 Å². The molecular weight excluding hydrogens is 525 g/mol. The Hall–Kier alpha value is 0.620. The molecule has 0 amide bonds. The molecule has 6 aliphatic carbocycles. The van der Waals surface area contributed by atoms with E-state index in [0.717, 1.165) is 70.4 Å².